The number of fused-ring (bicyclic) bond motifs is 3. The summed E-state index contributed by atoms with van der Waals surface area (Å²) >= 11 is 6.17. The van der Waals surface area contributed by atoms with Crippen molar-refractivity contribution in [2.45, 2.75) is 45.2 Å². The summed E-state index contributed by atoms with van der Waals surface area (Å²) in [4.78, 5) is 31.8. The molecule has 1 unspecified atom stereocenters. The minimum absolute atomic E-state index is 0.131. The van der Waals surface area contributed by atoms with Gasteiger partial charge in [0.2, 0.25) is 5.91 Å². The van der Waals surface area contributed by atoms with E-state index in [1.54, 1.807) is 22.8 Å². The molecule has 1 aliphatic carbocycles. The average molecular weight is 434 g/mol. The first-order chi connectivity index (χ1) is 15.0. The standard InChI is InChI=1S/C25H24ClN3O2/c1-3-14(2)22-23-27-20-11-10-17(26)13-19(20)25(31)29(23)21(24(30)28-22)12-16-9-8-15-6-4-5-7-18(15)16/h4-7,9-11,13-14,21-22H,3,8,12H2,1-2H3,(H,28,30)/t14?,21-,22+/m1/s1. The van der Waals surface area contributed by atoms with Crippen molar-refractivity contribution in [2.24, 2.45) is 5.92 Å². The molecule has 6 heteroatoms. The molecule has 0 saturated heterocycles. The normalized spacial score (nSPS) is 20.7. The van der Waals surface area contributed by atoms with E-state index in [4.69, 9.17) is 16.6 Å². The SMILES string of the molecule is CCC(C)[C@@H]1NC(=O)[C@@H](CC2=CCc3ccccc32)n2c1nc1ccc(Cl)cc1c2=O. The molecule has 0 bridgehead atoms. The third-order valence-corrected chi connectivity index (χ3v) is 6.87. The highest BCUT2D eigenvalue weighted by molar-refractivity contribution is 6.31. The molecule has 2 aromatic carbocycles. The Morgan fingerprint density at radius 3 is 2.84 bits per heavy atom. The molecular formula is C25H24ClN3O2. The summed E-state index contributed by atoms with van der Waals surface area (Å²) < 4.78 is 1.62. The van der Waals surface area contributed by atoms with Crippen LogP contribution in [0.3, 0.4) is 0 Å². The zero-order chi connectivity index (χ0) is 21.7. The Balaban J connectivity index is 1.67. The lowest BCUT2D eigenvalue weighted by molar-refractivity contribution is -0.127. The van der Waals surface area contributed by atoms with Gasteiger partial charge in [0.1, 0.15) is 11.9 Å². The van der Waals surface area contributed by atoms with Crippen molar-refractivity contribution in [1.29, 1.82) is 0 Å². The van der Waals surface area contributed by atoms with Crippen molar-refractivity contribution in [1.82, 2.24) is 14.9 Å². The lowest BCUT2D eigenvalue weighted by Crippen LogP contribution is -2.49. The Morgan fingerprint density at radius 1 is 1.23 bits per heavy atom. The smallest absolute Gasteiger partial charge is 0.262 e. The lowest BCUT2D eigenvalue weighted by Gasteiger charge is -2.35. The molecular weight excluding hydrogens is 410 g/mol. The van der Waals surface area contributed by atoms with Gasteiger partial charge >= 0.3 is 0 Å². The number of allylic oxidation sites excluding steroid dienone is 2. The van der Waals surface area contributed by atoms with Gasteiger partial charge in [0.05, 0.1) is 16.9 Å². The zero-order valence-electron chi connectivity index (χ0n) is 17.6. The van der Waals surface area contributed by atoms with Gasteiger partial charge in [-0.05, 0) is 47.2 Å². The largest absolute Gasteiger partial charge is 0.344 e. The molecule has 1 aromatic heterocycles. The number of hydrogen-bond acceptors (Lipinski definition) is 3. The van der Waals surface area contributed by atoms with E-state index in [1.165, 1.54) is 5.56 Å². The van der Waals surface area contributed by atoms with E-state index in [9.17, 15) is 9.59 Å². The number of amides is 1. The van der Waals surface area contributed by atoms with E-state index in [1.807, 2.05) is 12.1 Å². The van der Waals surface area contributed by atoms with Crippen molar-refractivity contribution in [3.05, 3.63) is 80.9 Å². The van der Waals surface area contributed by atoms with E-state index in [-0.39, 0.29) is 23.4 Å². The first-order valence-electron chi connectivity index (χ1n) is 10.8. The average Bonchev–Trinajstić information content (AvgIpc) is 3.18. The number of halogens is 1. The second-order valence-corrected chi connectivity index (χ2v) is 8.93. The van der Waals surface area contributed by atoms with Crippen molar-refractivity contribution in [3.8, 4) is 0 Å². The Bertz CT molecular complexity index is 1290. The van der Waals surface area contributed by atoms with Crippen LogP contribution >= 0.6 is 11.6 Å². The molecule has 0 saturated carbocycles. The van der Waals surface area contributed by atoms with Gasteiger partial charge in [-0.2, -0.15) is 0 Å². The lowest BCUT2D eigenvalue weighted by atomic mass is 9.92. The van der Waals surface area contributed by atoms with Crippen LogP contribution in [0.1, 0.15) is 55.7 Å². The molecule has 0 spiro atoms. The highest BCUT2D eigenvalue weighted by Gasteiger charge is 2.38. The van der Waals surface area contributed by atoms with Crippen LogP contribution in [0, 0.1) is 5.92 Å². The molecule has 1 amide bonds. The minimum Gasteiger partial charge on any atom is -0.344 e. The molecule has 5 nitrogen and oxygen atoms in total. The molecule has 158 valence electrons. The quantitative estimate of drug-likeness (QED) is 0.640. The van der Waals surface area contributed by atoms with Crippen LogP contribution in [0.15, 0.2) is 53.3 Å². The van der Waals surface area contributed by atoms with E-state index in [2.05, 4.69) is 37.4 Å². The third kappa shape index (κ3) is 3.28. The maximum Gasteiger partial charge on any atom is 0.262 e. The molecule has 5 rings (SSSR count). The van der Waals surface area contributed by atoms with Gasteiger partial charge in [0.15, 0.2) is 0 Å². The van der Waals surface area contributed by atoms with Crippen LogP contribution in [0.4, 0.5) is 0 Å². The number of carbonyl (C=O) groups is 1. The van der Waals surface area contributed by atoms with Gasteiger partial charge in [-0.15, -0.1) is 0 Å². The summed E-state index contributed by atoms with van der Waals surface area (Å²) in [5.74, 6) is 0.651. The predicted octanol–water partition coefficient (Wildman–Crippen LogP) is 4.84. The Morgan fingerprint density at radius 2 is 2.03 bits per heavy atom. The van der Waals surface area contributed by atoms with E-state index in [0.717, 1.165) is 24.0 Å². The molecule has 2 aliphatic rings. The molecule has 1 aliphatic heterocycles. The van der Waals surface area contributed by atoms with Gasteiger partial charge in [0.25, 0.3) is 5.56 Å². The van der Waals surface area contributed by atoms with Crippen LogP contribution < -0.4 is 10.9 Å². The second kappa shape index (κ2) is 7.65. The first-order valence-corrected chi connectivity index (χ1v) is 11.1. The van der Waals surface area contributed by atoms with Crippen molar-refractivity contribution in [3.63, 3.8) is 0 Å². The number of hydrogen-bond donors (Lipinski definition) is 1. The maximum atomic E-state index is 13.6. The second-order valence-electron chi connectivity index (χ2n) is 8.49. The van der Waals surface area contributed by atoms with Crippen LogP contribution in [0.5, 0.6) is 0 Å². The number of rotatable bonds is 4. The minimum atomic E-state index is -0.643. The molecule has 1 N–H and O–H groups in total. The fourth-order valence-corrected chi connectivity index (χ4v) is 4.88. The van der Waals surface area contributed by atoms with Crippen LogP contribution in [0.25, 0.3) is 16.5 Å². The van der Waals surface area contributed by atoms with Crippen LogP contribution in [-0.4, -0.2) is 15.5 Å². The molecule has 3 aromatic rings. The fraction of sp³-hybridized carbons (Fsp3) is 0.320. The Kier molecular flexibility index (Phi) is 4.94. The van der Waals surface area contributed by atoms with E-state index < -0.39 is 6.04 Å². The van der Waals surface area contributed by atoms with Crippen LogP contribution in [0.2, 0.25) is 5.02 Å². The third-order valence-electron chi connectivity index (χ3n) is 6.64. The summed E-state index contributed by atoms with van der Waals surface area (Å²) in [7, 11) is 0. The Hall–Kier alpha value is -2.92. The Labute approximate surface area is 185 Å². The molecule has 31 heavy (non-hydrogen) atoms. The van der Waals surface area contributed by atoms with Gasteiger partial charge in [-0.25, -0.2) is 4.98 Å². The van der Waals surface area contributed by atoms with Gasteiger partial charge < -0.3 is 5.32 Å². The summed E-state index contributed by atoms with van der Waals surface area (Å²) in [6.45, 7) is 4.15. The maximum absolute atomic E-state index is 13.6. The summed E-state index contributed by atoms with van der Waals surface area (Å²) in [6.07, 6.45) is 4.33. The topological polar surface area (TPSA) is 64.0 Å². The molecule has 3 atom stereocenters. The van der Waals surface area contributed by atoms with Gasteiger partial charge in [-0.1, -0.05) is 62.2 Å². The van der Waals surface area contributed by atoms with Crippen molar-refractivity contribution >= 4 is 34.0 Å². The summed E-state index contributed by atoms with van der Waals surface area (Å²) in [5.41, 5.74) is 3.91. The van der Waals surface area contributed by atoms with Crippen LogP contribution in [-0.2, 0) is 11.2 Å². The van der Waals surface area contributed by atoms with Crippen molar-refractivity contribution < 1.29 is 4.79 Å². The zero-order valence-corrected chi connectivity index (χ0v) is 18.3. The number of carbonyl (C=O) groups excluding carboxylic acids is 1. The first kappa shape index (κ1) is 20.0. The number of nitrogens with one attached hydrogen (secondary N) is 1. The van der Waals surface area contributed by atoms with Crippen molar-refractivity contribution in [2.75, 3.05) is 0 Å². The number of aromatic nitrogens is 2. The van der Waals surface area contributed by atoms with Gasteiger partial charge in [0, 0.05) is 11.4 Å². The monoisotopic (exact) mass is 433 g/mol. The molecule has 2 heterocycles. The highest BCUT2D eigenvalue weighted by Crippen LogP contribution is 2.37. The molecule has 0 radical (unpaired) electrons. The number of nitrogens with zero attached hydrogens (tertiary/aromatic N) is 2. The summed E-state index contributed by atoms with van der Waals surface area (Å²) in [5, 5.41) is 4.09. The van der Waals surface area contributed by atoms with Gasteiger partial charge in [-0.3, -0.25) is 14.2 Å². The molecule has 0 fully saturated rings. The highest BCUT2D eigenvalue weighted by atomic mass is 35.5. The van der Waals surface area contributed by atoms with E-state index >= 15 is 0 Å². The summed E-state index contributed by atoms with van der Waals surface area (Å²) in [6, 6.07) is 12.4. The number of benzene rings is 2. The predicted molar refractivity (Wildman–Crippen MR) is 123 cm³/mol. The van der Waals surface area contributed by atoms with E-state index in [0.29, 0.717) is 28.2 Å². The fourth-order valence-electron chi connectivity index (χ4n) is 4.71.